The second kappa shape index (κ2) is 13.1. The van der Waals surface area contributed by atoms with Crippen molar-refractivity contribution in [2.24, 2.45) is 5.92 Å². The number of aliphatic hydroxyl groups excluding tert-OH is 1. The van der Waals surface area contributed by atoms with Gasteiger partial charge in [0.05, 0.1) is 25.2 Å². The number of benzene rings is 3. The lowest BCUT2D eigenvalue weighted by molar-refractivity contribution is -0.146. The maximum absolute atomic E-state index is 13.3. The van der Waals surface area contributed by atoms with E-state index in [0.717, 1.165) is 24.8 Å². The van der Waals surface area contributed by atoms with Crippen LogP contribution in [0, 0.1) is 5.92 Å². The summed E-state index contributed by atoms with van der Waals surface area (Å²) >= 11 is 0. The molecule has 6 rings (SSSR count). The van der Waals surface area contributed by atoms with Crippen molar-refractivity contribution in [1.29, 1.82) is 0 Å². The number of ether oxygens (including phenoxy) is 3. The van der Waals surface area contributed by atoms with Gasteiger partial charge in [-0.15, -0.1) is 0 Å². The first-order valence-electron chi connectivity index (χ1n) is 15.1. The molecule has 0 saturated heterocycles. The van der Waals surface area contributed by atoms with E-state index in [9.17, 15) is 18.3 Å². The third-order valence-corrected chi connectivity index (χ3v) is 10.4. The molecule has 0 radical (unpaired) electrons. The highest BCUT2D eigenvalue weighted by Crippen LogP contribution is 2.43. The van der Waals surface area contributed by atoms with E-state index in [2.05, 4.69) is 47.8 Å². The molecule has 44 heavy (non-hydrogen) atoms. The molecule has 10 heteroatoms. The van der Waals surface area contributed by atoms with Crippen LogP contribution in [-0.4, -0.2) is 70.0 Å². The second-order valence-corrected chi connectivity index (χ2v) is 13.4. The Morgan fingerprint density at radius 1 is 1.02 bits per heavy atom. The second-order valence-electron chi connectivity index (χ2n) is 11.5. The summed E-state index contributed by atoms with van der Waals surface area (Å²) in [6.07, 6.45) is 4.67. The number of rotatable bonds is 13. The average molecular weight is 619 g/mol. The van der Waals surface area contributed by atoms with E-state index in [4.69, 9.17) is 14.2 Å². The number of sulfonamides is 1. The number of fused-ring (bicyclic) bond motifs is 3. The number of carbonyl (C=O) groups excluding carboxylic acids is 1. The standard InChI is InChI=1S/C34H38N2O7S/c1-41-26-11-13-27(14-12-26)44(39,40)36(15-17-37)16-18-42-33-21-25(20-32(43-33)34(38)35-22-23-9-10-23)29-7-4-8-30-28-6-3-2-5-24(28)19-31(29)30/h2-8,11-14,20,23,25,33,37H,9-10,15-19,21-22H2,1H3,(H,35,38). The zero-order chi connectivity index (χ0) is 30.7. The summed E-state index contributed by atoms with van der Waals surface area (Å²) in [5.41, 5.74) is 6.10. The zero-order valence-corrected chi connectivity index (χ0v) is 25.6. The zero-order valence-electron chi connectivity index (χ0n) is 24.8. The number of allylic oxidation sites excluding steroid dienone is 1. The first kappa shape index (κ1) is 30.3. The molecule has 3 aromatic rings. The normalized spacial score (nSPS) is 19.1. The van der Waals surface area contributed by atoms with E-state index in [1.807, 2.05) is 6.08 Å². The van der Waals surface area contributed by atoms with Gasteiger partial charge in [0.1, 0.15) is 5.75 Å². The number of nitrogens with zero attached hydrogens (tertiary/aromatic N) is 1. The topological polar surface area (TPSA) is 114 Å². The van der Waals surface area contributed by atoms with Crippen molar-refractivity contribution in [1.82, 2.24) is 9.62 Å². The Bertz CT molecular complexity index is 1630. The maximum Gasteiger partial charge on any atom is 0.286 e. The van der Waals surface area contributed by atoms with Crippen molar-refractivity contribution in [2.75, 3.05) is 40.0 Å². The van der Waals surface area contributed by atoms with Crippen molar-refractivity contribution in [2.45, 2.75) is 42.8 Å². The molecule has 1 heterocycles. The van der Waals surface area contributed by atoms with E-state index in [1.165, 1.54) is 45.8 Å². The number of hydrogen-bond acceptors (Lipinski definition) is 7. The molecule has 3 aromatic carbocycles. The molecular formula is C34H38N2O7S. The molecular weight excluding hydrogens is 580 g/mol. The monoisotopic (exact) mass is 618 g/mol. The van der Waals surface area contributed by atoms with Crippen LogP contribution in [0.5, 0.6) is 5.75 Å². The highest BCUT2D eigenvalue weighted by molar-refractivity contribution is 7.89. The van der Waals surface area contributed by atoms with Gasteiger partial charge >= 0.3 is 0 Å². The minimum absolute atomic E-state index is 0.00240. The van der Waals surface area contributed by atoms with Gasteiger partial charge in [-0.3, -0.25) is 4.79 Å². The molecule has 1 saturated carbocycles. The number of aliphatic hydroxyl groups is 1. The Balaban J connectivity index is 1.19. The van der Waals surface area contributed by atoms with Crippen LogP contribution in [0.15, 0.2) is 83.5 Å². The van der Waals surface area contributed by atoms with Crippen LogP contribution in [0.25, 0.3) is 11.1 Å². The molecule has 2 N–H and O–H groups in total. The fourth-order valence-electron chi connectivity index (χ4n) is 5.96. The quantitative estimate of drug-likeness (QED) is 0.231. The van der Waals surface area contributed by atoms with E-state index in [-0.39, 0.29) is 48.8 Å². The Labute approximate surface area is 258 Å². The summed E-state index contributed by atoms with van der Waals surface area (Å²) < 4.78 is 45.2. The van der Waals surface area contributed by atoms with Gasteiger partial charge in [-0.25, -0.2) is 8.42 Å². The Kier molecular flexibility index (Phi) is 9.04. The third kappa shape index (κ3) is 6.53. The van der Waals surface area contributed by atoms with Crippen LogP contribution in [0.4, 0.5) is 0 Å². The van der Waals surface area contributed by atoms with E-state index < -0.39 is 16.3 Å². The summed E-state index contributed by atoms with van der Waals surface area (Å²) in [5.74, 6) is 0.888. The van der Waals surface area contributed by atoms with Gasteiger partial charge < -0.3 is 24.6 Å². The van der Waals surface area contributed by atoms with Gasteiger partial charge in [-0.1, -0.05) is 42.5 Å². The Hall–Kier alpha value is -3.70. The molecule has 1 amide bonds. The van der Waals surface area contributed by atoms with Crippen LogP contribution in [0.2, 0.25) is 0 Å². The molecule has 0 spiro atoms. The molecule has 2 atom stereocenters. The first-order chi connectivity index (χ1) is 21.4. The highest BCUT2D eigenvalue weighted by Gasteiger charge is 2.33. The lowest BCUT2D eigenvalue weighted by atomic mass is 9.87. The van der Waals surface area contributed by atoms with Gasteiger partial charge in [0.2, 0.25) is 16.3 Å². The third-order valence-electron chi connectivity index (χ3n) is 8.51. The minimum Gasteiger partial charge on any atom is -0.497 e. The smallest absolute Gasteiger partial charge is 0.286 e. The van der Waals surface area contributed by atoms with Gasteiger partial charge in [0.25, 0.3) is 5.91 Å². The van der Waals surface area contributed by atoms with Crippen LogP contribution < -0.4 is 10.1 Å². The molecule has 3 aliphatic rings. The molecule has 0 aromatic heterocycles. The largest absolute Gasteiger partial charge is 0.497 e. The van der Waals surface area contributed by atoms with Crippen molar-refractivity contribution in [3.8, 4) is 16.9 Å². The minimum atomic E-state index is -3.89. The van der Waals surface area contributed by atoms with Gasteiger partial charge in [0, 0.05) is 32.0 Å². The van der Waals surface area contributed by atoms with Gasteiger partial charge in [0.15, 0.2) is 5.76 Å². The number of nitrogens with one attached hydrogen (secondary N) is 1. The van der Waals surface area contributed by atoms with Gasteiger partial charge in [-0.05, 0) is 83.3 Å². The summed E-state index contributed by atoms with van der Waals surface area (Å²) in [5, 5.41) is 12.6. The molecule has 2 aliphatic carbocycles. The number of carbonyl (C=O) groups is 1. The molecule has 1 aliphatic heterocycles. The SMILES string of the molecule is COc1ccc(S(=O)(=O)N(CCO)CCOC2CC(c3cccc4c3Cc3ccccc3-4)C=C(C(=O)NCC3CC3)O2)cc1. The molecule has 0 bridgehead atoms. The fraction of sp³-hybridized carbons (Fsp3) is 0.382. The fourth-order valence-corrected chi connectivity index (χ4v) is 7.37. The van der Waals surface area contributed by atoms with E-state index >= 15 is 0 Å². The summed E-state index contributed by atoms with van der Waals surface area (Å²) in [7, 11) is -2.38. The van der Waals surface area contributed by atoms with Crippen molar-refractivity contribution in [3.63, 3.8) is 0 Å². The summed E-state index contributed by atoms with van der Waals surface area (Å²) in [6.45, 7) is 0.208. The van der Waals surface area contributed by atoms with Gasteiger partial charge in [-0.2, -0.15) is 4.31 Å². The first-order valence-corrected chi connectivity index (χ1v) is 16.5. The van der Waals surface area contributed by atoms with E-state index in [1.54, 1.807) is 12.1 Å². The Morgan fingerprint density at radius 2 is 1.80 bits per heavy atom. The van der Waals surface area contributed by atoms with Crippen LogP contribution in [0.3, 0.4) is 0 Å². The molecule has 2 unspecified atom stereocenters. The van der Waals surface area contributed by atoms with Crippen LogP contribution >= 0.6 is 0 Å². The lowest BCUT2D eigenvalue weighted by Gasteiger charge is -2.31. The van der Waals surface area contributed by atoms with Crippen molar-refractivity contribution < 1.29 is 32.5 Å². The number of amides is 1. The molecule has 1 fully saturated rings. The maximum atomic E-state index is 13.3. The van der Waals surface area contributed by atoms with E-state index in [0.29, 0.717) is 24.6 Å². The van der Waals surface area contributed by atoms with Crippen LogP contribution in [0.1, 0.15) is 41.9 Å². The summed E-state index contributed by atoms with van der Waals surface area (Å²) in [6, 6.07) is 20.8. The predicted octanol–water partition coefficient (Wildman–Crippen LogP) is 4.21. The average Bonchev–Trinajstić information content (AvgIpc) is 3.80. The van der Waals surface area contributed by atoms with Crippen molar-refractivity contribution in [3.05, 3.63) is 95.3 Å². The van der Waals surface area contributed by atoms with Crippen molar-refractivity contribution >= 4 is 15.9 Å². The lowest BCUT2D eigenvalue weighted by Crippen LogP contribution is -2.38. The molecule has 232 valence electrons. The molecule has 9 nitrogen and oxygen atoms in total. The Morgan fingerprint density at radius 3 is 2.55 bits per heavy atom. The number of hydrogen-bond donors (Lipinski definition) is 2. The number of methoxy groups -OCH3 is 1. The summed E-state index contributed by atoms with van der Waals surface area (Å²) in [4.78, 5) is 13.3. The predicted molar refractivity (Wildman–Crippen MR) is 166 cm³/mol. The van der Waals surface area contributed by atoms with Crippen LogP contribution in [-0.2, 0) is 30.7 Å². The highest BCUT2D eigenvalue weighted by atomic mass is 32.2.